The summed E-state index contributed by atoms with van der Waals surface area (Å²) in [6.45, 7) is 6.96. The van der Waals surface area contributed by atoms with Gasteiger partial charge in [0.15, 0.2) is 0 Å². The summed E-state index contributed by atoms with van der Waals surface area (Å²) < 4.78 is 2.21. The van der Waals surface area contributed by atoms with Gasteiger partial charge in [-0.1, -0.05) is 20.8 Å². The fourth-order valence-corrected chi connectivity index (χ4v) is 2.35. The monoisotopic (exact) mass is 288 g/mol. The summed E-state index contributed by atoms with van der Waals surface area (Å²) in [5.41, 5.74) is 1.95. The topological polar surface area (TPSA) is 54.3 Å². The van der Waals surface area contributed by atoms with E-state index in [9.17, 15) is 9.90 Å². The molecule has 2 N–H and O–H groups in total. The molecule has 1 aromatic heterocycles. The molecule has 4 nitrogen and oxygen atoms in total. The molecule has 0 aliphatic carbocycles. The predicted molar refractivity (Wildman–Crippen MR) is 86.3 cm³/mol. The van der Waals surface area contributed by atoms with Gasteiger partial charge in [-0.3, -0.25) is 4.79 Å². The maximum Gasteiger partial charge on any atom is 0.226 e. The molecule has 1 heterocycles. The number of nitrogens with one attached hydrogen (secondary N) is 1. The van der Waals surface area contributed by atoms with Gasteiger partial charge in [-0.2, -0.15) is 0 Å². The Morgan fingerprint density at radius 2 is 2.10 bits per heavy atom. The van der Waals surface area contributed by atoms with Crippen molar-refractivity contribution in [2.45, 2.75) is 46.3 Å². The summed E-state index contributed by atoms with van der Waals surface area (Å²) in [6.07, 6.45) is 2.70. The van der Waals surface area contributed by atoms with E-state index in [1.807, 2.05) is 32.0 Å². The zero-order valence-corrected chi connectivity index (χ0v) is 13.0. The van der Waals surface area contributed by atoms with E-state index in [1.165, 1.54) is 5.52 Å². The third kappa shape index (κ3) is 3.85. The van der Waals surface area contributed by atoms with Crippen LogP contribution < -0.4 is 5.32 Å². The molecule has 2 aromatic rings. The van der Waals surface area contributed by atoms with Crippen LogP contribution in [0.1, 0.15) is 33.6 Å². The quantitative estimate of drug-likeness (QED) is 0.856. The third-order valence-electron chi connectivity index (χ3n) is 3.68. The molecule has 0 bridgehead atoms. The van der Waals surface area contributed by atoms with Crippen LogP contribution in [0.5, 0.6) is 0 Å². The minimum atomic E-state index is -0.598. The number of carbonyl (C=O) groups is 1. The molecule has 0 fully saturated rings. The van der Waals surface area contributed by atoms with Gasteiger partial charge in [-0.15, -0.1) is 0 Å². The Hall–Kier alpha value is -1.81. The molecule has 21 heavy (non-hydrogen) atoms. The summed E-state index contributed by atoms with van der Waals surface area (Å²) in [4.78, 5) is 11.9. The van der Waals surface area contributed by atoms with Crippen LogP contribution in [-0.4, -0.2) is 21.7 Å². The van der Waals surface area contributed by atoms with Gasteiger partial charge < -0.3 is 15.0 Å². The predicted octanol–water partition coefficient (Wildman–Crippen LogP) is 3.40. The van der Waals surface area contributed by atoms with E-state index in [2.05, 4.69) is 29.1 Å². The highest BCUT2D eigenvalue weighted by Gasteiger charge is 2.14. The minimum absolute atomic E-state index is 0.0845. The fourth-order valence-electron chi connectivity index (χ4n) is 2.35. The average molecular weight is 288 g/mol. The van der Waals surface area contributed by atoms with Crippen LogP contribution in [0.2, 0.25) is 0 Å². The van der Waals surface area contributed by atoms with E-state index in [4.69, 9.17) is 0 Å². The molecule has 2 rings (SSSR count). The number of hydrogen-bond acceptors (Lipinski definition) is 2. The highest BCUT2D eigenvalue weighted by Crippen LogP contribution is 2.21. The first kappa shape index (κ1) is 15.6. The van der Waals surface area contributed by atoms with Crippen molar-refractivity contribution in [2.24, 2.45) is 5.92 Å². The van der Waals surface area contributed by atoms with Crippen LogP contribution in [0, 0.1) is 5.92 Å². The van der Waals surface area contributed by atoms with Gasteiger partial charge in [0, 0.05) is 29.3 Å². The van der Waals surface area contributed by atoms with Gasteiger partial charge in [-0.25, -0.2) is 0 Å². The zero-order chi connectivity index (χ0) is 15.4. The number of aryl methyl sites for hydroxylation is 1. The van der Waals surface area contributed by atoms with Gasteiger partial charge in [0.25, 0.3) is 0 Å². The van der Waals surface area contributed by atoms with E-state index >= 15 is 0 Å². The normalized spacial score (nSPS) is 12.8. The molecule has 114 valence electrons. The number of amides is 1. The van der Waals surface area contributed by atoms with Gasteiger partial charge in [0.2, 0.25) is 5.91 Å². The largest absolute Gasteiger partial charge is 0.392 e. The summed E-state index contributed by atoms with van der Waals surface area (Å²) >= 11 is 0. The van der Waals surface area contributed by atoms with E-state index in [1.54, 1.807) is 0 Å². The molecule has 0 saturated heterocycles. The smallest absolute Gasteiger partial charge is 0.226 e. The zero-order valence-electron chi connectivity index (χ0n) is 13.0. The van der Waals surface area contributed by atoms with Crippen LogP contribution in [-0.2, 0) is 11.3 Å². The SMILES string of the molecule is CCCn1ccc2cc(NC(=O)CC(O)C(C)C)ccc21. The fraction of sp³-hybridized carbons (Fsp3) is 0.471. The lowest BCUT2D eigenvalue weighted by Gasteiger charge is -2.14. The molecule has 0 aliphatic heterocycles. The van der Waals surface area contributed by atoms with Crippen LogP contribution >= 0.6 is 0 Å². The molecule has 1 unspecified atom stereocenters. The van der Waals surface area contributed by atoms with E-state index in [0.717, 1.165) is 24.0 Å². The number of rotatable bonds is 6. The number of fused-ring (bicyclic) bond motifs is 1. The second-order valence-corrected chi connectivity index (χ2v) is 5.85. The van der Waals surface area contributed by atoms with Crippen molar-refractivity contribution in [2.75, 3.05) is 5.32 Å². The van der Waals surface area contributed by atoms with Gasteiger partial charge in [-0.05, 0) is 36.6 Å². The number of aliphatic hydroxyl groups is 1. The van der Waals surface area contributed by atoms with Crippen LogP contribution in [0.3, 0.4) is 0 Å². The lowest BCUT2D eigenvalue weighted by molar-refractivity contribution is -0.118. The molecule has 0 aliphatic rings. The first-order valence-electron chi connectivity index (χ1n) is 7.58. The Labute approximate surface area is 125 Å². The summed E-state index contributed by atoms with van der Waals surface area (Å²) in [5.74, 6) is -0.0650. The van der Waals surface area contributed by atoms with Crippen molar-refractivity contribution in [3.63, 3.8) is 0 Å². The Balaban J connectivity index is 2.07. The summed E-state index contributed by atoms with van der Waals surface area (Å²) in [5, 5.41) is 13.7. The van der Waals surface area contributed by atoms with Crippen LogP contribution in [0.25, 0.3) is 10.9 Å². The van der Waals surface area contributed by atoms with Crippen LogP contribution in [0.15, 0.2) is 30.5 Å². The maximum absolute atomic E-state index is 11.9. The second kappa shape index (κ2) is 6.76. The Kier molecular flexibility index (Phi) is 5.02. The van der Waals surface area contributed by atoms with Crippen molar-refractivity contribution in [1.29, 1.82) is 0 Å². The number of carbonyl (C=O) groups excluding carboxylic acids is 1. The lowest BCUT2D eigenvalue weighted by Crippen LogP contribution is -2.23. The number of aliphatic hydroxyl groups excluding tert-OH is 1. The molecule has 0 spiro atoms. The Bertz CT molecular complexity index is 616. The van der Waals surface area contributed by atoms with Crippen molar-refractivity contribution in [3.8, 4) is 0 Å². The average Bonchev–Trinajstić information content (AvgIpc) is 2.81. The highest BCUT2D eigenvalue weighted by atomic mass is 16.3. The number of anilines is 1. The van der Waals surface area contributed by atoms with Crippen molar-refractivity contribution in [3.05, 3.63) is 30.5 Å². The molecule has 4 heteroatoms. The van der Waals surface area contributed by atoms with E-state index in [-0.39, 0.29) is 18.2 Å². The molecule has 1 amide bonds. The van der Waals surface area contributed by atoms with Gasteiger partial charge in [0.05, 0.1) is 12.5 Å². The Morgan fingerprint density at radius 3 is 2.76 bits per heavy atom. The number of aromatic nitrogens is 1. The standard InChI is InChI=1S/C17H24N2O2/c1-4-8-19-9-7-13-10-14(5-6-15(13)19)18-17(21)11-16(20)12(2)3/h5-7,9-10,12,16,20H,4,8,11H2,1-3H3,(H,18,21). The molecule has 0 saturated carbocycles. The van der Waals surface area contributed by atoms with Gasteiger partial charge >= 0.3 is 0 Å². The molecular formula is C17H24N2O2. The van der Waals surface area contributed by atoms with Crippen molar-refractivity contribution >= 4 is 22.5 Å². The third-order valence-corrected chi connectivity index (χ3v) is 3.68. The first-order valence-corrected chi connectivity index (χ1v) is 7.58. The maximum atomic E-state index is 11.9. The van der Waals surface area contributed by atoms with Crippen molar-refractivity contribution < 1.29 is 9.90 Å². The van der Waals surface area contributed by atoms with Gasteiger partial charge in [0.1, 0.15) is 0 Å². The van der Waals surface area contributed by atoms with E-state index < -0.39 is 6.10 Å². The first-order chi connectivity index (χ1) is 10.0. The number of hydrogen-bond donors (Lipinski definition) is 2. The molecule has 1 atom stereocenters. The molecular weight excluding hydrogens is 264 g/mol. The molecule has 0 radical (unpaired) electrons. The van der Waals surface area contributed by atoms with Crippen molar-refractivity contribution in [1.82, 2.24) is 4.57 Å². The van der Waals surface area contributed by atoms with E-state index in [0.29, 0.717) is 0 Å². The summed E-state index contributed by atoms with van der Waals surface area (Å²) in [6, 6.07) is 7.97. The Morgan fingerprint density at radius 1 is 1.33 bits per heavy atom. The number of nitrogens with zero attached hydrogens (tertiary/aromatic N) is 1. The summed E-state index contributed by atoms with van der Waals surface area (Å²) in [7, 11) is 0. The number of benzene rings is 1. The molecule has 1 aromatic carbocycles. The minimum Gasteiger partial charge on any atom is -0.392 e. The van der Waals surface area contributed by atoms with Crippen LogP contribution in [0.4, 0.5) is 5.69 Å². The highest BCUT2D eigenvalue weighted by molar-refractivity contribution is 5.94. The second-order valence-electron chi connectivity index (χ2n) is 5.85. The lowest BCUT2D eigenvalue weighted by atomic mass is 10.0.